The lowest BCUT2D eigenvalue weighted by molar-refractivity contribution is -0.111. The second-order valence-electron chi connectivity index (χ2n) is 5.13. The lowest BCUT2D eigenvalue weighted by Crippen LogP contribution is -2.17. The van der Waals surface area contributed by atoms with Crippen molar-refractivity contribution >= 4 is 39.3 Å². The van der Waals surface area contributed by atoms with E-state index >= 15 is 0 Å². The molecule has 114 valence electrons. The van der Waals surface area contributed by atoms with E-state index in [1.807, 2.05) is 30.3 Å². The van der Waals surface area contributed by atoms with Crippen molar-refractivity contribution in [1.29, 1.82) is 0 Å². The lowest BCUT2D eigenvalue weighted by Gasteiger charge is -2.11. The maximum atomic E-state index is 12.2. The van der Waals surface area contributed by atoms with Crippen LogP contribution in [0.4, 0.5) is 5.69 Å². The zero-order chi connectivity index (χ0) is 15.6. The van der Waals surface area contributed by atoms with Gasteiger partial charge >= 0.3 is 0 Å². The summed E-state index contributed by atoms with van der Waals surface area (Å²) >= 11 is 1.46. The molecule has 0 saturated carbocycles. The molecule has 0 unspecified atom stereocenters. The van der Waals surface area contributed by atoms with Gasteiger partial charge < -0.3 is 4.98 Å². The molecule has 0 bridgehead atoms. The Bertz CT molecular complexity index is 890. The first-order chi connectivity index (χ1) is 11.3. The van der Waals surface area contributed by atoms with Crippen LogP contribution in [0.15, 0.2) is 54.2 Å². The Hall–Kier alpha value is -2.67. The molecule has 1 aromatic carbocycles. The van der Waals surface area contributed by atoms with Gasteiger partial charge in [-0.25, -0.2) is 4.98 Å². The van der Waals surface area contributed by atoms with E-state index in [2.05, 4.69) is 20.1 Å². The third-order valence-electron chi connectivity index (χ3n) is 3.57. The standard InChI is InChI=1S/C16H13N5OS/c22-15-8-21(12-1-2-13-14(7-12)19-10-18-13)20-16(15)23-9-11-3-5-17-6-4-11/h1-7,10H,8-9H2,(H,18,19). The maximum absolute atomic E-state index is 12.2. The van der Waals surface area contributed by atoms with Crippen LogP contribution in [0, 0.1) is 0 Å². The number of rotatable bonds is 3. The van der Waals surface area contributed by atoms with Crippen LogP contribution in [0.2, 0.25) is 0 Å². The number of ketones is 1. The van der Waals surface area contributed by atoms with Gasteiger partial charge in [0.15, 0.2) is 5.04 Å². The summed E-state index contributed by atoms with van der Waals surface area (Å²) in [5.74, 6) is 0.759. The maximum Gasteiger partial charge on any atom is 0.210 e. The Labute approximate surface area is 136 Å². The minimum atomic E-state index is 0.0498. The molecule has 3 heterocycles. The zero-order valence-corrected chi connectivity index (χ0v) is 13.0. The molecule has 0 amide bonds. The number of benzene rings is 1. The van der Waals surface area contributed by atoms with Gasteiger partial charge in [0, 0.05) is 18.1 Å². The number of hydrogen-bond acceptors (Lipinski definition) is 6. The minimum Gasteiger partial charge on any atom is -0.345 e. The topological polar surface area (TPSA) is 74.2 Å². The third-order valence-corrected chi connectivity index (χ3v) is 4.63. The molecule has 1 aliphatic heterocycles. The Morgan fingerprint density at radius 3 is 2.96 bits per heavy atom. The van der Waals surface area contributed by atoms with E-state index in [1.165, 1.54) is 11.8 Å². The van der Waals surface area contributed by atoms with Crippen molar-refractivity contribution in [2.45, 2.75) is 5.75 Å². The molecule has 1 N–H and O–H groups in total. The van der Waals surface area contributed by atoms with Gasteiger partial charge in [0.2, 0.25) is 5.78 Å². The normalized spacial score (nSPS) is 14.5. The number of fused-ring (bicyclic) bond motifs is 1. The number of hydrogen-bond donors (Lipinski definition) is 1. The Balaban J connectivity index is 1.52. The number of imidazole rings is 1. The predicted octanol–water partition coefficient (Wildman–Crippen LogP) is 2.59. The summed E-state index contributed by atoms with van der Waals surface area (Å²) in [7, 11) is 0. The van der Waals surface area contributed by atoms with Crippen LogP contribution in [0.3, 0.4) is 0 Å². The highest BCUT2D eigenvalue weighted by molar-refractivity contribution is 8.15. The molecule has 0 aliphatic carbocycles. The van der Waals surface area contributed by atoms with Crippen molar-refractivity contribution in [2.75, 3.05) is 11.6 Å². The van der Waals surface area contributed by atoms with Gasteiger partial charge in [-0.1, -0.05) is 11.8 Å². The summed E-state index contributed by atoms with van der Waals surface area (Å²) in [5.41, 5.74) is 3.84. The Morgan fingerprint density at radius 1 is 1.22 bits per heavy atom. The number of aromatic nitrogens is 3. The molecular weight excluding hydrogens is 310 g/mol. The number of anilines is 1. The van der Waals surface area contributed by atoms with Crippen molar-refractivity contribution < 1.29 is 4.79 Å². The number of carbonyl (C=O) groups excluding carboxylic acids is 1. The van der Waals surface area contributed by atoms with Gasteiger partial charge in [0.25, 0.3) is 0 Å². The highest BCUT2D eigenvalue weighted by Crippen LogP contribution is 2.25. The number of hydrazone groups is 1. The second kappa shape index (κ2) is 5.85. The number of nitrogens with one attached hydrogen (secondary N) is 1. The van der Waals surface area contributed by atoms with E-state index in [0.29, 0.717) is 10.8 Å². The van der Waals surface area contributed by atoms with E-state index in [-0.39, 0.29) is 12.3 Å². The Morgan fingerprint density at radius 2 is 2.09 bits per heavy atom. The zero-order valence-electron chi connectivity index (χ0n) is 12.1. The number of H-pyrrole nitrogens is 1. The third kappa shape index (κ3) is 2.83. The molecule has 0 fully saturated rings. The van der Waals surface area contributed by atoms with Crippen LogP contribution < -0.4 is 5.01 Å². The number of carbonyl (C=O) groups is 1. The first-order valence-corrected chi connectivity index (χ1v) is 8.12. The molecule has 4 rings (SSSR count). The molecule has 3 aromatic rings. The van der Waals surface area contributed by atoms with Gasteiger partial charge in [0.1, 0.15) is 6.54 Å². The molecule has 23 heavy (non-hydrogen) atoms. The molecule has 7 heteroatoms. The summed E-state index contributed by atoms with van der Waals surface area (Å²) in [6, 6.07) is 9.68. The number of aromatic amines is 1. The van der Waals surface area contributed by atoms with Gasteiger partial charge in [-0.05, 0) is 35.9 Å². The van der Waals surface area contributed by atoms with Crippen LogP contribution in [0.25, 0.3) is 11.0 Å². The van der Waals surface area contributed by atoms with Gasteiger partial charge in [0.05, 0.1) is 23.0 Å². The number of pyridine rings is 1. The fourth-order valence-corrected chi connectivity index (χ4v) is 3.26. The first kappa shape index (κ1) is 14.0. The van der Waals surface area contributed by atoms with Gasteiger partial charge in [-0.2, -0.15) is 5.10 Å². The molecule has 6 nitrogen and oxygen atoms in total. The molecule has 0 radical (unpaired) electrons. The van der Waals surface area contributed by atoms with Crippen LogP contribution in [-0.2, 0) is 10.5 Å². The molecule has 0 saturated heterocycles. The van der Waals surface area contributed by atoms with E-state index in [1.54, 1.807) is 23.7 Å². The van der Waals surface area contributed by atoms with E-state index in [0.717, 1.165) is 22.3 Å². The first-order valence-electron chi connectivity index (χ1n) is 7.14. The molecule has 0 atom stereocenters. The minimum absolute atomic E-state index is 0.0498. The smallest absolute Gasteiger partial charge is 0.210 e. The Kier molecular flexibility index (Phi) is 3.55. The van der Waals surface area contributed by atoms with Crippen molar-refractivity contribution in [1.82, 2.24) is 15.0 Å². The second-order valence-corrected chi connectivity index (χ2v) is 6.10. The SMILES string of the molecule is O=C1CN(c2ccc3nc[nH]c3c2)N=C1SCc1ccncc1. The van der Waals surface area contributed by atoms with Gasteiger partial charge in [-0.15, -0.1) is 0 Å². The van der Waals surface area contributed by atoms with Crippen LogP contribution in [0.5, 0.6) is 0 Å². The number of thioether (sulfide) groups is 1. The number of nitrogens with zero attached hydrogens (tertiary/aromatic N) is 4. The quantitative estimate of drug-likeness (QED) is 0.802. The van der Waals surface area contributed by atoms with Gasteiger partial charge in [-0.3, -0.25) is 14.8 Å². The van der Waals surface area contributed by atoms with E-state index < -0.39 is 0 Å². The van der Waals surface area contributed by atoms with Crippen LogP contribution >= 0.6 is 11.8 Å². The average molecular weight is 323 g/mol. The number of Topliss-reactive ketones (excluding diaryl/α,β-unsaturated/α-hetero) is 1. The summed E-state index contributed by atoms with van der Waals surface area (Å²) in [5, 5.41) is 6.74. The van der Waals surface area contributed by atoms with E-state index in [4.69, 9.17) is 0 Å². The van der Waals surface area contributed by atoms with Crippen molar-refractivity contribution in [3.8, 4) is 0 Å². The lowest BCUT2D eigenvalue weighted by atomic mass is 10.2. The van der Waals surface area contributed by atoms with Crippen molar-refractivity contribution in [3.63, 3.8) is 0 Å². The predicted molar refractivity (Wildman–Crippen MR) is 91.4 cm³/mol. The molecular formula is C16H13N5OS. The van der Waals surface area contributed by atoms with Crippen LogP contribution in [0.1, 0.15) is 5.56 Å². The molecule has 1 aliphatic rings. The average Bonchev–Trinajstić information content (AvgIpc) is 3.19. The summed E-state index contributed by atoms with van der Waals surface area (Å²) in [4.78, 5) is 23.4. The summed E-state index contributed by atoms with van der Waals surface area (Å²) < 4.78 is 0. The molecule has 2 aromatic heterocycles. The highest BCUT2D eigenvalue weighted by atomic mass is 32.2. The van der Waals surface area contributed by atoms with E-state index in [9.17, 15) is 4.79 Å². The summed E-state index contributed by atoms with van der Waals surface area (Å²) in [6.45, 7) is 0.276. The highest BCUT2D eigenvalue weighted by Gasteiger charge is 2.25. The fraction of sp³-hybridized carbons (Fsp3) is 0.125. The van der Waals surface area contributed by atoms with Crippen molar-refractivity contribution in [2.24, 2.45) is 5.10 Å². The monoisotopic (exact) mass is 323 g/mol. The van der Waals surface area contributed by atoms with Crippen molar-refractivity contribution in [3.05, 3.63) is 54.6 Å². The fourth-order valence-electron chi connectivity index (χ4n) is 2.38. The van der Waals surface area contributed by atoms with Crippen LogP contribution in [-0.4, -0.2) is 32.3 Å². The largest absolute Gasteiger partial charge is 0.345 e. The summed E-state index contributed by atoms with van der Waals surface area (Å²) in [6.07, 6.45) is 5.16. The molecule has 0 spiro atoms.